The SMILES string of the molecule is c1csc(-c2cc3cccc4c5nc(-c6cccs6)cc6cccc(c(n2)c34)c65)c1. The molecule has 0 aliphatic rings. The summed E-state index contributed by atoms with van der Waals surface area (Å²) in [7, 11) is 0. The van der Waals surface area contributed by atoms with Gasteiger partial charge in [-0.25, -0.2) is 9.97 Å². The maximum atomic E-state index is 5.15. The highest BCUT2D eigenvalue weighted by molar-refractivity contribution is 7.13. The van der Waals surface area contributed by atoms with Crippen LogP contribution in [-0.4, -0.2) is 9.97 Å². The summed E-state index contributed by atoms with van der Waals surface area (Å²) >= 11 is 3.46. The number of benzene rings is 3. The van der Waals surface area contributed by atoms with E-state index in [0.717, 1.165) is 22.4 Å². The first-order chi connectivity index (χ1) is 14.9. The van der Waals surface area contributed by atoms with Crippen molar-refractivity contribution in [2.45, 2.75) is 0 Å². The lowest BCUT2D eigenvalue weighted by Gasteiger charge is -2.15. The van der Waals surface area contributed by atoms with Crippen molar-refractivity contribution in [3.63, 3.8) is 0 Å². The van der Waals surface area contributed by atoms with Gasteiger partial charge in [0.25, 0.3) is 0 Å². The fourth-order valence-electron chi connectivity index (χ4n) is 4.51. The van der Waals surface area contributed by atoms with Crippen LogP contribution in [0.2, 0.25) is 0 Å². The summed E-state index contributed by atoms with van der Waals surface area (Å²) in [6.45, 7) is 0. The zero-order valence-electron chi connectivity index (χ0n) is 15.8. The number of nitrogens with zero attached hydrogens (tertiary/aromatic N) is 2. The largest absolute Gasteiger partial charge is 0.246 e. The van der Waals surface area contributed by atoms with E-state index in [-0.39, 0.29) is 0 Å². The number of aromatic nitrogens is 2. The molecule has 0 aliphatic heterocycles. The van der Waals surface area contributed by atoms with Gasteiger partial charge in [0.15, 0.2) is 0 Å². The van der Waals surface area contributed by atoms with Crippen LogP contribution in [0, 0.1) is 0 Å². The minimum absolute atomic E-state index is 1.04. The zero-order chi connectivity index (χ0) is 19.7. The fraction of sp³-hybridized carbons (Fsp3) is 0. The molecule has 0 unspecified atom stereocenters. The molecule has 3 aromatic carbocycles. The quantitative estimate of drug-likeness (QED) is 0.210. The standard InChI is InChI=1S/C26H14N2S2/c1-5-15-13-19(21-9-3-11-29-21)28-26-18-8-2-6-16-14-20(22-10-4-12-30-22)27-25(24(16)18)17(7-1)23(15)26/h1-14H. The molecule has 0 atom stereocenters. The lowest BCUT2D eigenvalue weighted by atomic mass is 9.94. The summed E-state index contributed by atoms with van der Waals surface area (Å²) in [6.07, 6.45) is 0. The lowest BCUT2D eigenvalue weighted by Crippen LogP contribution is -1.94. The monoisotopic (exact) mass is 418 g/mol. The van der Waals surface area contributed by atoms with Gasteiger partial charge < -0.3 is 0 Å². The van der Waals surface area contributed by atoms with Crippen LogP contribution in [0.1, 0.15) is 0 Å². The van der Waals surface area contributed by atoms with E-state index in [2.05, 4.69) is 83.6 Å². The first-order valence-corrected chi connectivity index (χ1v) is 11.6. The van der Waals surface area contributed by atoms with Crippen molar-refractivity contribution in [3.05, 3.63) is 83.6 Å². The third-order valence-corrected chi connectivity index (χ3v) is 7.56. The summed E-state index contributed by atoms with van der Waals surface area (Å²) in [6, 6.07) is 25.9. The Hall–Kier alpha value is -3.34. The summed E-state index contributed by atoms with van der Waals surface area (Å²) in [5.41, 5.74) is 4.20. The first kappa shape index (κ1) is 16.5. The second-order valence-electron chi connectivity index (χ2n) is 7.47. The fourth-order valence-corrected chi connectivity index (χ4v) is 5.88. The molecule has 0 fully saturated rings. The van der Waals surface area contributed by atoms with Gasteiger partial charge in [0, 0.05) is 21.5 Å². The molecule has 4 aromatic heterocycles. The molecule has 4 heteroatoms. The van der Waals surface area contributed by atoms with Gasteiger partial charge in [-0.3, -0.25) is 0 Å². The molecule has 4 heterocycles. The number of rotatable bonds is 2. The molecule has 0 spiro atoms. The van der Waals surface area contributed by atoms with Crippen molar-refractivity contribution in [2.75, 3.05) is 0 Å². The van der Waals surface area contributed by atoms with Crippen molar-refractivity contribution in [3.8, 4) is 21.1 Å². The van der Waals surface area contributed by atoms with Gasteiger partial charge >= 0.3 is 0 Å². The van der Waals surface area contributed by atoms with Crippen molar-refractivity contribution >= 4 is 66.0 Å². The molecule has 7 aromatic rings. The molecule has 0 radical (unpaired) electrons. The first-order valence-electron chi connectivity index (χ1n) is 9.83. The van der Waals surface area contributed by atoms with Crippen molar-refractivity contribution in [2.24, 2.45) is 0 Å². The molecule has 0 saturated carbocycles. The van der Waals surface area contributed by atoms with Crippen LogP contribution in [0.3, 0.4) is 0 Å². The maximum Gasteiger partial charge on any atom is 0.0815 e. The predicted octanol–water partition coefficient (Wildman–Crippen LogP) is 7.98. The van der Waals surface area contributed by atoms with E-state index in [9.17, 15) is 0 Å². The molecule has 0 amide bonds. The molecule has 0 N–H and O–H groups in total. The van der Waals surface area contributed by atoms with Gasteiger partial charge in [0.1, 0.15) is 0 Å². The van der Waals surface area contributed by atoms with Gasteiger partial charge in [0.05, 0.1) is 32.2 Å². The molecule has 2 nitrogen and oxygen atoms in total. The Kier molecular flexibility index (Phi) is 3.34. The van der Waals surface area contributed by atoms with E-state index in [1.807, 2.05) is 0 Å². The molecule has 0 bridgehead atoms. The van der Waals surface area contributed by atoms with Crippen LogP contribution in [0.25, 0.3) is 64.5 Å². The highest BCUT2D eigenvalue weighted by Gasteiger charge is 2.17. The van der Waals surface area contributed by atoms with Gasteiger partial charge in [-0.15, -0.1) is 22.7 Å². The van der Waals surface area contributed by atoms with Crippen LogP contribution >= 0.6 is 22.7 Å². The Bertz CT molecular complexity index is 1550. The Morgan fingerprint density at radius 1 is 0.533 bits per heavy atom. The number of thiophene rings is 2. The van der Waals surface area contributed by atoms with Crippen LogP contribution in [0.15, 0.2) is 83.6 Å². The molecule has 0 aliphatic carbocycles. The Labute approximate surface area is 180 Å². The van der Waals surface area contributed by atoms with E-state index in [1.165, 1.54) is 42.1 Å². The highest BCUT2D eigenvalue weighted by Crippen LogP contribution is 2.41. The van der Waals surface area contributed by atoms with E-state index in [4.69, 9.17) is 9.97 Å². The smallest absolute Gasteiger partial charge is 0.0815 e. The average molecular weight is 419 g/mol. The van der Waals surface area contributed by atoms with E-state index < -0.39 is 0 Å². The second-order valence-corrected chi connectivity index (χ2v) is 9.37. The normalized spacial score (nSPS) is 12.0. The van der Waals surface area contributed by atoms with E-state index >= 15 is 0 Å². The highest BCUT2D eigenvalue weighted by atomic mass is 32.1. The summed E-state index contributed by atoms with van der Waals surface area (Å²) < 4.78 is 0. The minimum Gasteiger partial charge on any atom is -0.246 e. The lowest BCUT2D eigenvalue weighted by molar-refractivity contribution is 1.43. The van der Waals surface area contributed by atoms with Gasteiger partial charge in [-0.1, -0.05) is 48.5 Å². The van der Waals surface area contributed by atoms with Crippen molar-refractivity contribution in [1.82, 2.24) is 9.97 Å². The summed E-state index contributed by atoms with van der Waals surface area (Å²) in [5.74, 6) is 0. The third kappa shape index (κ3) is 2.23. The summed E-state index contributed by atoms with van der Waals surface area (Å²) in [4.78, 5) is 12.7. The van der Waals surface area contributed by atoms with E-state index in [0.29, 0.717) is 0 Å². The molecule has 140 valence electrons. The van der Waals surface area contributed by atoms with E-state index in [1.54, 1.807) is 22.7 Å². The number of hydrogen-bond donors (Lipinski definition) is 0. The van der Waals surface area contributed by atoms with Crippen LogP contribution in [0.5, 0.6) is 0 Å². The third-order valence-electron chi connectivity index (χ3n) is 5.77. The number of fused-ring (bicyclic) bond motifs is 2. The van der Waals surface area contributed by atoms with Crippen molar-refractivity contribution in [1.29, 1.82) is 0 Å². The van der Waals surface area contributed by atoms with Crippen LogP contribution < -0.4 is 0 Å². The Balaban J connectivity index is 1.71. The predicted molar refractivity (Wildman–Crippen MR) is 130 cm³/mol. The number of hydrogen-bond acceptors (Lipinski definition) is 4. The average Bonchev–Trinajstić information content (AvgIpc) is 3.51. The summed E-state index contributed by atoms with van der Waals surface area (Å²) in [5, 5.41) is 11.4. The van der Waals surface area contributed by atoms with Gasteiger partial charge in [0.2, 0.25) is 0 Å². The molecular formula is C26H14N2S2. The minimum atomic E-state index is 1.04. The Morgan fingerprint density at radius 3 is 1.47 bits per heavy atom. The van der Waals surface area contributed by atoms with Crippen LogP contribution in [-0.2, 0) is 0 Å². The molecular weight excluding hydrogens is 404 g/mol. The van der Waals surface area contributed by atoms with Gasteiger partial charge in [-0.05, 0) is 45.8 Å². The maximum absolute atomic E-state index is 5.15. The van der Waals surface area contributed by atoms with Crippen molar-refractivity contribution < 1.29 is 0 Å². The molecule has 7 rings (SSSR count). The molecule has 30 heavy (non-hydrogen) atoms. The Morgan fingerprint density at radius 2 is 1.03 bits per heavy atom. The van der Waals surface area contributed by atoms with Gasteiger partial charge in [-0.2, -0.15) is 0 Å². The zero-order valence-corrected chi connectivity index (χ0v) is 17.4. The topological polar surface area (TPSA) is 25.8 Å². The number of pyridine rings is 2. The second kappa shape index (κ2) is 6.08. The molecule has 0 saturated heterocycles. The van der Waals surface area contributed by atoms with Crippen LogP contribution in [0.4, 0.5) is 0 Å².